The molecule has 104 valence electrons. The Balaban J connectivity index is 1.72. The minimum atomic E-state index is 0.133. The van der Waals surface area contributed by atoms with E-state index in [-0.39, 0.29) is 5.91 Å². The summed E-state index contributed by atoms with van der Waals surface area (Å²) in [6.07, 6.45) is 5.72. The number of carbonyl (C=O) groups is 1. The number of hydrogen-bond acceptors (Lipinski definition) is 3. The number of rotatable bonds is 2. The molecule has 4 heteroatoms. The second-order valence-electron chi connectivity index (χ2n) is 5.91. The average Bonchev–Trinajstić information content (AvgIpc) is 3.03. The lowest BCUT2D eigenvalue weighted by Crippen LogP contribution is -2.32. The number of nitrogens with two attached hydrogens (primary N) is 1. The van der Waals surface area contributed by atoms with E-state index in [1.807, 2.05) is 11.8 Å². The van der Waals surface area contributed by atoms with E-state index in [0.717, 1.165) is 43.7 Å². The first kappa shape index (κ1) is 12.7. The van der Waals surface area contributed by atoms with Crippen LogP contribution in [0.5, 0.6) is 0 Å². The Morgan fingerprint density at radius 1 is 1.42 bits per heavy atom. The third-order valence-corrected chi connectivity index (χ3v) is 4.67. The molecule has 2 heterocycles. The van der Waals surface area contributed by atoms with Crippen molar-refractivity contribution in [1.29, 1.82) is 0 Å². The van der Waals surface area contributed by atoms with Gasteiger partial charge in [-0.2, -0.15) is 0 Å². The van der Waals surface area contributed by atoms with E-state index in [1.165, 1.54) is 6.42 Å². The highest BCUT2D eigenvalue weighted by Gasteiger charge is 2.39. The highest BCUT2D eigenvalue weighted by molar-refractivity contribution is 5.95. The van der Waals surface area contributed by atoms with E-state index in [2.05, 4.69) is 0 Å². The summed E-state index contributed by atoms with van der Waals surface area (Å²) in [7, 11) is 0. The van der Waals surface area contributed by atoms with Crippen molar-refractivity contribution in [3.05, 3.63) is 23.7 Å². The normalized spacial score (nSPS) is 30.4. The van der Waals surface area contributed by atoms with E-state index in [9.17, 15) is 4.79 Å². The van der Waals surface area contributed by atoms with Crippen LogP contribution in [0, 0.1) is 11.8 Å². The van der Waals surface area contributed by atoms with Crippen LogP contribution in [0.15, 0.2) is 16.7 Å². The molecule has 3 rings (SSSR count). The number of nitrogens with zero attached hydrogens (tertiary/aromatic N) is 1. The Hall–Kier alpha value is -1.29. The fourth-order valence-electron chi connectivity index (χ4n) is 3.61. The number of hydrogen-bond donors (Lipinski definition) is 1. The zero-order valence-electron chi connectivity index (χ0n) is 11.5. The number of aryl methyl sites for hydroxylation is 1. The van der Waals surface area contributed by atoms with Crippen LogP contribution in [0.25, 0.3) is 0 Å². The van der Waals surface area contributed by atoms with E-state index in [4.69, 9.17) is 10.2 Å². The van der Waals surface area contributed by atoms with Gasteiger partial charge in [-0.15, -0.1) is 0 Å². The first-order valence-electron chi connectivity index (χ1n) is 7.30. The van der Waals surface area contributed by atoms with Gasteiger partial charge < -0.3 is 15.1 Å². The van der Waals surface area contributed by atoms with Crippen LogP contribution in [0.4, 0.5) is 0 Å². The quantitative estimate of drug-likeness (QED) is 0.887. The molecule has 1 aliphatic carbocycles. The molecule has 2 aliphatic rings. The Kier molecular flexibility index (Phi) is 3.35. The van der Waals surface area contributed by atoms with Crippen LogP contribution in [0.2, 0.25) is 0 Å². The molecule has 1 aromatic rings. The van der Waals surface area contributed by atoms with Crippen molar-refractivity contribution < 1.29 is 9.21 Å². The van der Waals surface area contributed by atoms with Crippen LogP contribution in [-0.4, -0.2) is 29.9 Å². The molecule has 1 saturated heterocycles. The molecule has 1 aliphatic heterocycles. The summed E-state index contributed by atoms with van der Waals surface area (Å²) in [4.78, 5) is 14.5. The predicted molar refractivity (Wildman–Crippen MR) is 72.8 cm³/mol. The van der Waals surface area contributed by atoms with Gasteiger partial charge in [0, 0.05) is 25.6 Å². The molecule has 1 aromatic heterocycles. The second-order valence-corrected chi connectivity index (χ2v) is 5.91. The van der Waals surface area contributed by atoms with Gasteiger partial charge in [0.1, 0.15) is 5.76 Å². The molecule has 3 atom stereocenters. The molecule has 2 fully saturated rings. The Morgan fingerprint density at radius 2 is 2.21 bits per heavy atom. The minimum absolute atomic E-state index is 0.133. The number of likely N-dealkylation sites (tertiary alicyclic amines) is 1. The van der Waals surface area contributed by atoms with E-state index >= 15 is 0 Å². The molecule has 1 saturated carbocycles. The van der Waals surface area contributed by atoms with E-state index < -0.39 is 0 Å². The molecule has 1 unspecified atom stereocenters. The van der Waals surface area contributed by atoms with Crippen LogP contribution >= 0.6 is 0 Å². The molecule has 0 bridgehead atoms. The fraction of sp³-hybridized carbons (Fsp3) is 0.667. The van der Waals surface area contributed by atoms with Crippen molar-refractivity contribution in [3.8, 4) is 0 Å². The van der Waals surface area contributed by atoms with Crippen LogP contribution in [0.1, 0.15) is 42.3 Å². The number of amides is 1. The zero-order valence-corrected chi connectivity index (χ0v) is 11.5. The maximum absolute atomic E-state index is 12.5. The standard InChI is InChI=1S/C15H22N2O2/c1-2-14-13(5-6-19-14)15(18)17-8-10-3-4-12(16)7-11(10)9-17/h5-6,10-12H,2-4,7-9,16H2,1H3/t10-,11+,12?/m1/s1. The Bertz CT molecular complexity index is 468. The van der Waals surface area contributed by atoms with Gasteiger partial charge in [-0.1, -0.05) is 6.92 Å². The summed E-state index contributed by atoms with van der Waals surface area (Å²) in [5, 5.41) is 0. The van der Waals surface area contributed by atoms with Gasteiger partial charge in [-0.05, 0) is 37.2 Å². The van der Waals surface area contributed by atoms with Crippen molar-refractivity contribution in [2.24, 2.45) is 17.6 Å². The summed E-state index contributed by atoms with van der Waals surface area (Å²) in [6, 6.07) is 2.13. The van der Waals surface area contributed by atoms with Crippen molar-refractivity contribution in [2.75, 3.05) is 13.1 Å². The molecule has 1 amide bonds. The molecular weight excluding hydrogens is 240 g/mol. The first-order chi connectivity index (χ1) is 9.19. The largest absolute Gasteiger partial charge is 0.469 e. The summed E-state index contributed by atoms with van der Waals surface area (Å²) < 4.78 is 5.36. The van der Waals surface area contributed by atoms with Gasteiger partial charge in [-0.3, -0.25) is 4.79 Å². The third kappa shape index (κ3) is 2.29. The number of fused-ring (bicyclic) bond motifs is 1. The van der Waals surface area contributed by atoms with Crippen molar-refractivity contribution in [3.63, 3.8) is 0 Å². The Labute approximate surface area is 113 Å². The summed E-state index contributed by atoms with van der Waals surface area (Å²) >= 11 is 0. The van der Waals surface area contributed by atoms with Crippen molar-refractivity contribution in [2.45, 2.75) is 38.6 Å². The van der Waals surface area contributed by atoms with Gasteiger partial charge >= 0.3 is 0 Å². The van der Waals surface area contributed by atoms with Gasteiger partial charge in [0.15, 0.2) is 0 Å². The molecular formula is C15H22N2O2. The highest BCUT2D eigenvalue weighted by Crippen LogP contribution is 2.36. The molecule has 4 nitrogen and oxygen atoms in total. The summed E-state index contributed by atoms with van der Waals surface area (Å²) in [5.41, 5.74) is 6.78. The highest BCUT2D eigenvalue weighted by atomic mass is 16.3. The van der Waals surface area contributed by atoms with Crippen LogP contribution < -0.4 is 5.73 Å². The lowest BCUT2D eigenvalue weighted by Gasteiger charge is -2.27. The summed E-state index contributed by atoms with van der Waals surface area (Å²) in [6.45, 7) is 3.77. The first-order valence-corrected chi connectivity index (χ1v) is 7.30. The zero-order chi connectivity index (χ0) is 13.4. The molecule has 0 spiro atoms. The number of furan rings is 1. The average molecular weight is 262 g/mol. The predicted octanol–water partition coefficient (Wildman–Crippen LogP) is 2.04. The van der Waals surface area contributed by atoms with Gasteiger partial charge in [-0.25, -0.2) is 0 Å². The van der Waals surface area contributed by atoms with Gasteiger partial charge in [0.2, 0.25) is 0 Å². The summed E-state index contributed by atoms with van der Waals surface area (Å²) in [5.74, 6) is 2.19. The maximum atomic E-state index is 12.5. The lowest BCUT2D eigenvalue weighted by atomic mass is 9.79. The van der Waals surface area contributed by atoms with Gasteiger partial charge in [0.05, 0.1) is 11.8 Å². The molecule has 0 radical (unpaired) electrons. The van der Waals surface area contributed by atoms with Crippen molar-refractivity contribution >= 4 is 5.91 Å². The smallest absolute Gasteiger partial charge is 0.257 e. The third-order valence-electron chi connectivity index (χ3n) is 4.67. The molecule has 2 N–H and O–H groups in total. The monoisotopic (exact) mass is 262 g/mol. The SMILES string of the molecule is CCc1occc1C(=O)N1C[C@H]2CCC(N)C[C@H]2C1. The van der Waals surface area contributed by atoms with Crippen LogP contribution in [-0.2, 0) is 6.42 Å². The molecule has 19 heavy (non-hydrogen) atoms. The van der Waals surface area contributed by atoms with Crippen molar-refractivity contribution in [1.82, 2.24) is 4.90 Å². The maximum Gasteiger partial charge on any atom is 0.257 e. The second kappa shape index (κ2) is 5.00. The fourth-order valence-corrected chi connectivity index (χ4v) is 3.61. The topological polar surface area (TPSA) is 59.5 Å². The van der Waals surface area contributed by atoms with Crippen LogP contribution in [0.3, 0.4) is 0 Å². The van der Waals surface area contributed by atoms with E-state index in [0.29, 0.717) is 17.9 Å². The van der Waals surface area contributed by atoms with E-state index in [1.54, 1.807) is 12.3 Å². The Morgan fingerprint density at radius 3 is 3.00 bits per heavy atom. The lowest BCUT2D eigenvalue weighted by molar-refractivity contribution is 0.0781. The minimum Gasteiger partial charge on any atom is -0.469 e. The van der Waals surface area contributed by atoms with Gasteiger partial charge in [0.25, 0.3) is 5.91 Å². The number of carbonyl (C=O) groups excluding carboxylic acids is 1. The molecule has 0 aromatic carbocycles.